The van der Waals surface area contributed by atoms with Crippen molar-refractivity contribution in [1.29, 1.82) is 0 Å². The first-order valence-corrected chi connectivity index (χ1v) is 7.66. The maximum Gasteiger partial charge on any atom is 0.239 e. The molecule has 3 N–H and O–H groups in total. The molecule has 23 heavy (non-hydrogen) atoms. The number of pyridine rings is 1. The summed E-state index contributed by atoms with van der Waals surface area (Å²) >= 11 is 0. The summed E-state index contributed by atoms with van der Waals surface area (Å²) in [5, 5.41) is 9.02. The molecule has 0 unspecified atom stereocenters. The first-order valence-electron chi connectivity index (χ1n) is 7.66. The van der Waals surface area contributed by atoms with Gasteiger partial charge in [-0.3, -0.25) is 4.79 Å². The standard InChI is InChI=1S/C16H27N5O2/c1-6-17-15(20-11-13(22)21-16(2,3)4)19-10-12-8-7-9-18-14(12)23-5/h7-9H,6,10-11H2,1-5H3,(H,21,22)(H2,17,19,20). The molecule has 1 rings (SSSR count). The predicted molar refractivity (Wildman–Crippen MR) is 91.5 cm³/mol. The van der Waals surface area contributed by atoms with Crippen molar-refractivity contribution >= 4 is 11.9 Å². The molecule has 1 amide bonds. The maximum absolute atomic E-state index is 11.9. The van der Waals surface area contributed by atoms with Crippen LogP contribution in [0.3, 0.4) is 0 Å². The Bertz CT molecular complexity index is 538. The molecule has 0 spiro atoms. The second-order valence-electron chi connectivity index (χ2n) is 6.02. The highest BCUT2D eigenvalue weighted by Gasteiger charge is 2.13. The average molecular weight is 321 g/mol. The van der Waals surface area contributed by atoms with E-state index in [1.807, 2.05) is 39.8 Å². The molecule has 0 radical (unpaired) electrons. The third kappa shape index (κ3) is 7.49. The summed E-state index contributed by atoms with van der Waals surface area (Å²) in [5.41, 5.74) is 0.628. The molecule has 0 aromatic carbocycles. The number of nitrogens with one attached hydrogen (secondary N) is 3. The van der Waals surface area contributed by atoms with Gasteiger partial charge in [0.1, 0.15) is 0 Å². The summed E-state index contributed by atoms with van der Waals surface area (Å²) in [6, 6.07) is 3.75. The molecule has 0 saturated heterocycles. The summed E-state index contributed by atoms with van der Waals surface area (Å²) in [6.45, 7) is 9.07. The highest BCUT2D eigenvalue weighted by Crippen LogP contribution is 2.14. The van der Waals surface area contributed by atoms with Crippen LogP contribution in [-0.2, 0) is 11.3 Å². The number of nitrogens with zero attached hydrogens (tertiary/aromatic N) is 2. The topological polar surface area (TPSA) is 87.6 Å². The molecule has 0 saturated carbocycles. The van der Waals surface area contributed by atoms with Crippen molar-refractivity contribution in [3.63, 3.8) is 0 Å². The van der Waals surface area contributed by atoms with Gasteiger partial charge in [0.15, 0.2) is 5.96 Å². The first-order chi connectivity index (χ1) is 10.9. The van der Waals surface area contributed by atoms with E-state index in [1.54, 1.807) is 13.3 Å². The van der Waals surface area contributed by atoms with Crippen molar-refractivity contribution in [2.45, 2.75) is 39.8 Å². The van der Waals surface area contributed by atoms with E-state index in [1.165, 1.54) is 0 Å². The first kappa shape index (κ1) is 18.7. The Labute approximate surface area is 137 Å². The second kappa shape index (κ2) is 8.97. The van der Waals surface area contributed by atoms with E-state index in [0.717, 1.165) is 5.56 Å². The number of amides is 1. The van der Waals surface area contributed by atoms with E-state index in [4.69, 9.17) is 4.74 Å². The molecule has 0 aliphatic carbocycles. The maximum atomic E-state index is 11.9. The Morgan fingerprint density at radius 3 is 2.70 bits per heavy atom. The monoisotopic (exact) mass is 321 g/mol. The lowest BCUT2D eigenvalue weighted by Crippen LogP contribution is -2.48. The van der Waals surface area contributed by atoms with Gasteiger partial charge in [-0.15, -0.1) is 0 Å². The van der Waals surface area contributed by atoms with E-state index >= 15 is 0 Å². The van der Waals surface area contributed by atoms with Gasteiger partial charge in [-0.1, -0.05) is 6.07 Å². The van der Waals surface area contributed by atoms with E-state index in [0.29, 0.717) is 24.9 Å². The summed E-state index contributed by atoms with van der Waals surface area (Å²) in [5.74, 6) is 1.04. The predicted octanol–water partition coefficient (Wildman–Crippen LogP) is 1.06. The Kier molecular flexibility index (Phi) is 7.31. The minimum absolute atomic E-state index is 0.0814. The molecular formula is C16H27N5O2. The highest BCUT2D eigenvalue weighted by atomic mass is 16.5. The molecule has 0 bridgehead atoms. The smallest absolute Gasteiger partial charge is 0.239 e. The molecule has 7 nitrogen and oxygen atoms in total. The van der Waals surface area contributed by atoms with Crippen molar-refractivity contribution in [2.24, 2.45) is 4.99 Å². The SMILES string of the molecule is CCNC(=NCc1cccnc1OC)NCC(=O)NC(C)(C)C. The summed E-state index contributed by atoms with van der Waals surface area (Å²) in [4.78, 5) is 20.5. The summed E-state index contributed by atoms with van der Waals surface area (Å²) in [7, 11) is 1.58. The van der Waals surface area contributed by atoms with Gasteiger partial charge >= 0.3 is 0 Å². The van der Waals surface area contributed by atoms with Crippen molar-refractivity contribution in [2.75, 3.05) is 20.2 Å². The van der Waals surface area contributed by atoms with E-state index in [-0.39, 0.29) is 18.0 Å². The van der Waals surface area contributed by atoms with Crippen LogP contribution < -0.4 is 20.7 Å². The summed E-state index contributed by atoms with van der Waals surface area (Å²) < 4.78 is 5.21. The number of carbonyl (C=O) groups is 1. The van der Waals surface area contributed by atoms with Crippen LogP contribution in [0, 0.1) is 0 Å². The van der Waals surface area contributed by atoms with Crippen molar-refractivity contribution in [1.82, 2.24) is 20.9 Å². The average Bonchev–Trinajstić information content (AvgIpc) is 2.48. The van der Waals surface area contributed by atoms with Gasteiger partial charge in [0.25, 0.3) is 0 Å². The Morgan fingerprint density at radius 2 is 2.09 bits per heavy atom. The fourth-order valence-corrected chi connectivity index (χ4v) is 1.86. The molecule has 1 aromatic heterocycles. The van der Waals surface area contributed by atoms with Crippen LogP contribution in [0.4, 0.5) is 0 Å². The van der Waals surface area contributed by atoms with E-state index < -0.39 is 0 Å². The van der Waals surface area contributed by atoms with Crippen molar-refractivity contribution in [3.8, 4) is 5.88 Å². The van der Waals surface area contributed by atoms with E-state index in [9.17, 15) is 4.79 Å². The molecule has 0 aliphatic heterocycles. The van der Waals surface area contributed by atoms with Crippen molar-refractivity contribution < 1.29 is 9.53 Å². The van der Waals surface area contributed by atoms with Crippen LogP contribution in [0.25, 0.3) is 0 Å². The van der Waals surface area contributed by atoms with Gasteiger partial charge in [0.2, 0.25) is 11.8 Å². The van der Waals surface area contributed by atoms with Crippen LogP contribution in [-0.4, -0.2) is 42.6 Å². The van der Waals surface area contributed by atoms with E-state index in [2.05, 4.69) is 25.9 Å². The number of methoxy groups -OCH3 is 1. The van der Waals surface area contributed by atoms with Gasteiger partial charge < -0.3 is 20.7 Å². The van der Waals surface area contributed by atoms with Gasteiger partial charge in [0, 0.05) is 23.8 Å². The normalized spacial score (nSPS) is 11.8. The molecular weight excluding hydrogens is 294 g/mol. The number of guanidine groups is 1. The molecule has 7 heteroatoms. The molecule has 1 heterocycles. The molecule has 1 aromatic rings. The lowest BCUT2D eigenvalue weighted by molar-refractivity contribution is -0.121. The number of ether oxygens (including phenoxy) is 1. The zero-order valence-corrected chi connectivity index (χ0v) is 14.6. The molecule has 0 aliphatic rings. The fourth-order valence-electron chi connectivity index (χ4n) is 1.86. The van der Waals surface area contributed by atoms with Crippen LogP contribution in [0.1, 0.15) is 33.3 Å². The lowest BCUT2D eigenvalue weighted by Gasteiger charge is -2.21. The van der Waals surface area contributed by atoms with Crippen LogP contribution >= 0.6 is 0 Å². The third-order valence-electron chi connectivity index (χ3n) is 2.73. The minimum Gasteiger partial charge on any atom is -0.481 e. The van der Waals surface area contributed by atoms with Gasteiger partial charge in [0.05, 0.1) is 20.2 Å². The zero-order valence-electron chi connectivity index (χ0n) is 14.6. The Morgan fingerprint density at radius 1 is 1.35 bits per heavy atom. The zero-order chi connectivity index (χ0) is 17.3. The quantitative estimate of drug-likeness (QED) is 0.539. The molecule has 0 fully saturated rings. The fraction of sp³-hybridized carbons (Fsp3) is 0.562. The largest absolute Gasteiger partial charge is 0.481 e. The minimum atomic E-state index is -0.253. The number of aliphatic imine (C=N–C) groups is 1. The number of aromatic nitrogens is 1. The molecule has 0 atom stereocenters. The number of hydrogen-bond acceptors (Lipinski definition) is 4. The number of rotatable bonds is 6. The van der Waals surface area contributed by atoms with Gasteiger partial charge in [-0.25, -0.2) is 9.98 Å². The van der Waals surface area contributed by atoms with Gasteiger partial charge in [-0.05, 0) is 33.8 Å². The summed E-state index contributed by atoms with van der Waals surface area (Å²) in [6.07, 6.45) is 1.67. The number of carbonyl (C=O) groups excluding carboxylic acids is 1. The highest BCUT2D eigenvalue weighted by molar-refractivity contribution is 5.86. The van der Waals surface area contributed by atoms with Crippen molar-refractivity contribution in [3.05, 3.63) is 23.9 Å². The second-order valence-corrected chi connectivity index (χ2v) is 6.02. The van der Waals surface area contributed by atoms with Crippen LogP contribution in [0.5, 0.6) is 5.88 Å². The molecule has 128 valence electrons. The lowest BCUT2D eigenvalue weighted by atomic mass is 10.1. The Balaban J connectivity index is 2.65. The van der Waals surface area contributed by atoms with Crippen LogP contribution in [0.2, 0.25) is 0 Å². The number of hydrogen-bond donors (Lipinski definition) is 3. The Hall–Kier alpha value is -2.31. The third-order valence-corrected chi connectivity index (χ3v) is 2.73. The van der Waals surface area contributed by atoms with Gasteiger partial charge in [-0.2, -0.15) is 0 Å². The van der Waals surface area contributed by atoms with Crippen LogP contribution in [0.15, 0.2) is 23.3 Å².